The molecular formula is C15H22N2O4S. The lowest BCUT2D eigenvalue weighted by molar-refractivity contribution is -0.0440. The minimum atomic E-state index is -3.39. The molecule has 1 aromatic carbocycles. The van der Waals surface area contributed by atoms with Crippen LogP contribution in [0, 0.1) is 0 Å². The van der Waals surface area contributed by atoms with E-state index < -0.39 is 10.0 Å². The van der Waals surface area contributed by atoms with E-state index >= 15 is 0 Å². The molecular weight excluding hydrogens is 304 g/mol. The topological polar surface area (TPSA) is 75.7 Å². The van der Waals surface area contributed by atoms with Crippen molar-refractivity contribution >= 4 is 15.9 Å². The number of nitrogens with one attached hydrogen (secondary N) is 1. The van der Waals surface area contributed by atoms with Crippen molar-refractivity contribution in [1.29, 1.82) is 0 Å². The van der Waals surface area contributed by atoms with Crippen molar-refractivity contribution < 1.29 is 17.9 Å². The number of benzene rings is 1. The second-order valence-corrected chi connectivity index (χ2v) is 7.60. The Bertz CT molecular complexity index is 593. The second-order valence-electron chi connectivity index (χ2n) is 5.51. The van der Waals surface area contributed by atoms with Gasteiger partial charge in [0, 0.05) is 25.2 Å². The summed E-state index contributed by atoms with van der Waals surface area (Å²) in [6, 6.07) is 8.73. The molecule has 1 N–H and O–H groups in total. The molecule has 0 bridgehead atoms. The van der Waals surface area contributed by atoms with Crippen LogP contribution in [-0.4, -0.2) is 56.2 Å². The molecule has 1 amide bonds. The second kappa shape index (κ2) is 7.21. The zero-order valence-corrected chi connectivity index (χ0v) is 13.7. The Balaban J connectivity index is 1.86. The maximum atomic E-state index is 12.3. The first kappa shape index (κ1) is 16.9. The number of carbonyl (C=O) groups excluding carboxylic acids is 1. The normalized spacial score (nSPS) is 23.2. The van der Waals surface area contributed by atoms with Gasteiger partial charge in [-0.3, -0.25) is 4.79 Å². The summed E-state index contributed by atoms with van der Waals surface area (Å²) < 4.78 is 31.6. The van der Waals surface area contributed by atoms with E-state index in [1.54, 1.807) is 24.3 Å². The molecule has 1 fully saturated rings. The molecule has 1 aromatic rings. The van der Waals surface area contributed by atoms with E-state index in [1.165, 1.54) is 4.31 Å². The Morgan fingerprint density at radius 2 is 1.82 bits per heavy atom. The summed E-state index contributed by atoms with van der Waals surface area (Å²) in [5, 5.41) is 2.64. The lowest BCUT2D eigenvalue weighted by Gasteiger charge is -2.34. The lowest BCUT2D eigenvalue weighted by atomic mass is 10.2. The van der Waals surface area contributed by atoms with E-state index in [2.05, 4.69) is 5.32 Å². The molecule has 122 valence electrons. The highest BCUT2D eigenvalue weighted by Gasteiger charge is 2.30. The van der Waals surface area contributed by atoms with Gasteiger partial charge in [-0.15, -0.1) is 0 Å². The number of sulfonamides is 1. The van der Waals surface area contributed by atoms with Crippen molar-refractivity contribution in [3.63, 3.8) is 0 Å². The summed E-state index contributed by atoms with van der Waals surface area (Å²) in [5.41, 5.74) is 0.522. The van der Waals surface area contributed by atoms with Gasteiger partial charge in [0.2, 0.25) is 10.0 Å². The van der Waals surface area contributed by atoms with Gasteiger partial charge in [0.15, 0.2) is 0 Å². The molecule has 2 atom stereocenters. The van der Waals surface area contributed by atoms with Gasteiger partial charge in [-0.05, 0) is 26.0 Å². The molecule has 1 aliphatic heterocycles. The van der Waals surface area contributed by atoms with E-state index in [9.17, 15) is 13.2 Å². The van der Waals surface area contributed by atoms with Crippen molar-refractivity contribution in [3.05, 3.63) is 35.9 Å². The van der Waals surface area contributed by atoms with Gasteiger partial charge >= 0.3 is 0 Å². The Hall–Kier alpha value is -1.44. The van der Waals surface area contributed by atoms with Gasteiger partial charge in [0.25, 0.3) is 5.91 Å². The van der Waals surface area contributed by atoms with Crippen LogP contribution in [0.2, 0.25) is 0 Å². The number of morpholine rings is 1. The Kier molecular flexibility index (Phi) is 5.55. The summed E-state index contributed by atoms with van der Waals surface area (Å²) in [6.45, 7) is 4.53. The average Bonchev–Trinajstić information content (AvgIpc) is 2.47. The van der Waals surface area contributed by atoms with Crippen LogP contribution in [0.5, 0.6) is 0 Å². The number of carbonyl (C=O) groups is 1. The highest BCUT2D eigenvalue weighted by molar-refractivity contribution is 7.89. The number of hydrogen-bond donors (Lipinski definition) is 1. The van der Waals surface area contributed by atoms with Crippen LogP contribution in [0.1, 0.15) is 24.2 Å². The molecule has 0 radical (unpaired) electrons. The van der Waals surface area contributed by atoms with Crippen molar-refractivity contribution in [1.82, 2.24) is 9.62 Å². The van der Waals surface area contributed by atoms with Crippen LogP contribution < -0.4 is 5.32 Å². The third-order valence-electron chi connectivity index (χ3n) is 3.46. The predicted octanol–water partition coefficient (Wildman–Crippen LogP) is 0.855. The maximum absolute atomic E-state index is 12.3. The largest absolute Gasteiger partial charge is 0.373 e. The molecule has 22 heavy (non-hydrogen) atoms. The van der Waals surface area contributed by atoms with Gasteiger partial charge in [-0.1, -0.05) is 18.2 Å². The smallest absolute Gasteiger partial charge is 0.251 e. The minimum absolute atomic E-state index is 0.0934. The molecule has 0 unspecified atom stereocenters. The predicted molar refractivity (Wildman–Crippen MR) is 84.1 cm³/mol. The van der Waals surface area contributed by atoms with Crippen LogP contribution >= 0.6 is 0 Å². The minimum Gasteiger partial charge on any atom is -0.373 e. The van der Waals surface area contributed by atoms with E-state index in [-0.39, 0.29) is 30.4 Å². The standard InChI is InChI=1S/C15H22N2O4S/c1-12-10-17(11-13(2)21-12)22(19,20)9-8-16-15(18)14-6-4-3-5-7-14/h3-7,12-13H,8-11H2,1-2H3,(H,16,18)/t12-,13-/m0/s1. The fraction of sp³-hybridized carbons (Fsp3) is 0.533. The van der Waals surface area contributed by atoms with Crippen molar-refractivity contribution in [2.75, 3.05) is 25.4 Å². The van der Waals surface area contributed by atoms with E-state index in [4.69, 9.17) is 4.74 Å². The van der Waals surface area contributed by atoms with Gasteiger partial charge in [0.05, 0.1) is 18.0 Å². The first-order chi connectivity index (χ1) is 10.4. The van der Waals surface area contributed by atoms with Crippen molar-refractivity contribution in [2.24, 2.45) is 0 Å². The van der Waals surface area contributed by atoms with Crippen LogP contribution in [0.3, 0.4) is 0 Å². The first-order valence-corrected chi connectivity index (χ1v) is 8.96. The summed E-state index contributed by atoms with van der Waals surface area (Å²) >= 11 is 0. The number of amides is 1. The van der Waals surface area contributed by atoms with Gasteiger partial charge in [-0.25, -0.2) is 8.42 Å². The fourth-order valence-electron chi connectivity index (χ4n) is 2.47. The number of nitrogens with zero attached hydrogens (tertiary/aromatic N) is 1. The quantitative estimate of drug-likeness (QED) is 0.870. The molecule has 0 saturated carbocycles. The van der Waals surface area contributed by atoms with Crippen LogP contribution in [0.15, 0.2) is 30.3 Å². The molecule has 2 rings (SSSR count). The zero-order chi connectivity index (χ0) is 16.2. The van der Waals surface area contributed by atoms with Crippen LogP contribution in [0.25, 0.3) is 0 Å². The summed E-state index contributed by atoms with van der Waals surface area (Å²) in [6.07, 6.45) is -0.227. The highest BCUT2D eigenvalue weighted by atomic mass is 32.2. The lowest BCUT2D eigenvalue weighted by Crippen LogP contribution is -2.49. The molecule has 1 heterocycles. The average molecular weight is 326 g/mol. The monoisotopic (exact) mass is 326 g/mol. The highest BCUT2D eigenvalue weighted by Crippen LogP contribution is 2.14. The molecule has 6 nitrogen and oxygen atoms in total. The first-order valence-electron chi connectivity index (χ1n) is 7.35. The number of rotatable bonds is 5. The fourth-order valence-corrected chi connectivity index (χ4v) is 3.96. The molecule has 1 aliphatic rings. The third kappa shape index (κ3) is 4.53. The van der Waals surface area contributed by atoms with Gasteiger partial charge < -0.3 is 10.1 Å². The Morgan fingerprint density at radius 3 is 2.41 bits per heavy atom. The van der Waals surface area contributed by atoms with Crippen molar-refractivity contribution in [3.8, 4) is 0 Å². The van der Waals surface area contributed by atoms with E-state index in [0.717, 1.165) is 0 Å². The molecule has 1 saturated heterocycles. The summed E-state index contributed by atoms with van der Waals surface area (Å²) in [5.74, 6) is -0.370. The molecule has 0 aliphatic carbocycles. The molecule has 0 aromatic heterocycles. The molecule has 0 spiro atoms. The SMILES string of the molecule is C[C@H]1CN(S(=O)(=O)CCNC(=O)c2ccccc2)C[C@H](C)O1. The van der Waals surface area contributed by atoms with Crippen LogP contribution in [-0.2, 0) is 14.8 Å². The summed E-state index contributed by atoms with van der Waals surface area (Å²) in [4.78, 5) is 11.9. The van der Waals surface area contributed by atoms with E-state index in [1.807, 2.05) is 19.9 Å². The van der Waals surface area contributed by atoms with E-state index in [0.29, 0.717) is 18.7 Å². The maximum Gasteiger partial charge on any atom is 0.251 e. The zero-order valence-electron chi connectivity index (χ0n) is 12.9. The van der Waals surface area contributed by atoms with Gasteiger partial charge in [-0.2, -0.15) is 4.31 Å². The van der Waals surface area contributed by atoms with Crippen molar-refractivity contribution in [2.45, 2.75) is 26.1 Å². The molecule has 7 heteroatoms. The van der Waals surface area contributed by atoms with Gasteiger partial charge in [0.1, 0.15) is 0 Å². The van der Waals surface area contributed by atoms with Crippen LogP contribution in [0.4, 0.5) is 0 Å². The number of hydrogen-bond acceptors (Lipinski definition) is 4. The Labute approximate surface area is 131 Å². The summed E-state index contributed by atoms with van der Waals surface area (Å²) in [7, 11) is -3.39. The third-order valence-corrected chi connectivity index (χ3v) is 5.27. The Morgan fingerprint density at radius 1 is 1.23 bits per heavy atom. The number of ether oxygens (including phenoxy) is 1.